The lowest BCUT2D eigenvalue weighted by Gasteiger charge is -2.40. The summed E-state index contributed by atoms with van der Waals surface area (Å²) in [6.45, 7) is 5.08. The van der Waals surface area contributed by atoms with Crippen molar-refractivity contribution in [3.05, 3.63) is 33.8 Å². The zero-order valence-electron chi connectivity index (χ0n) is 11.4. The Balaban J connectivity index is 2.09. The number of likely N-dealkylation sites (tertiary alicyclic amines) is 1. The molecule has 1 aliphatic rings. The Labute approximate surface area is 125 Å². The highest BCUT2D eigenvalue weighted by Gasteiger charge is 2.27. The topological polar surface area (TPSA) is 23.5 Å². The van der Waals surface area contributed by atoms with Crippen LogP contribution in [0.3, 0.4) is 0 Å². The number of aliphatic hydroxyl groups excluding tert-OH is 1. The maximum atomic E-state index is 10.4. The second-order valence-electron chi connectivity index (χ2n) is 5.51. The number of benzene rings is 1. The van der Waals surface area contributed by atoms with E-state index >= 15 is 0 Å². The van der Waals surface area contributed by atoms with E-state index < -0.39 is 6.10 Å². The molecule has 0 bridgehead atoms. The molecule has 4 heteroatoms. The molecule has 0 aromatic heterocycles. The van der Waals surface area contributed by atoms with Crippen molar-refractivity contribution in [1.82, 2.24) is 4.90 Å². The highest BCUT2D eigenvalue weighted by atomic mass is 35.5. The summed E-state index contributed by atoms with van der Waals surface area (Å²) in [7, 11) is 0. The number of piperidine rings is 1. The maximum Gasteiger partial charge on any atom is 0.0931 e. The molecule has 3 atom stereocenters. The normalized spacial score (nSPS) is 26.4. The van der Waals surface area contributed by atoms with E-state index in [4.69, 9.17) is 23.2 Å². The molecule has 0 amide bonds. The second-order valence-corrected chi connectivity index (χ2v) is 6.35. The number of hydrogen-bond donors (Lipinski definition) is 1. The van der Waals surface area contributed by atoms with Gasteiger partial charge in [-0.2, -0.15) is 0 Å². The summed E-state index contributed by atoms with van der Waals surface area (Å²) in [5.74, 6) is 0. The molecule has 1 N–H and O–H groups in total. The summed E-state index contributed by atoms with van der Waals surface area (Å²) in [6.07, 6.45) is 3.11. The van der Waals surface area contributed by atoms with E-state index in [1.807, 2.05) is 6.07 Å². The molecule has 0 saturated carbocycles. The van der Waals surface area contributed by atoms with E-state index in [-0.39, 0.29) is 0 Å². The van der Waals surface area contributed by atoms with Gasteiger partial charge in [-0.25, -0.2) is 0 Å². The third-order valence-corrected chi connectivity index (χ3v) is 4.64. The third kappa shape index (κ3) is 3.63. The van der Waals surface area contributed by atoms with Gasteiger partial charge in [0, 0.05) is 34.2 Å². The first kappa shape index (κ1) is 15.1. The van der Waals surface area contributed by atoms with E-state index in [1.54, 1.807) is 12.1 Å². The van der Waals surface area contributed by atoms with Crippen molar-refractivity contribution in [2.45, 2.75) is 51.3 Å². The van der Waals surface area contributed by atoms with E-state index in [1.165, 1.54) is 19.3 Å². The maximum absolute atomic E-state index is 10.4. The van der Waals surface area contributed by atoms with Crippen LogP contribution in [0, 0.1) is 0 Å². The smallest absolute Gasteiger partial charge is 0.0931 e. The standard InChI is InChI=1S/C15H21Cl2NO/c1-10-4-3-5-11(2)18(10)9-15(19)13-7-6-12(16)8-14(13)17/h6-8,10-11,15,19H,3-5,9H2,1-2H3. The monoisotopic (exact) mass is 301 g/mol. The van der Waals surface area contributed by atoms with Gasteiger partial charge in [0.15, 0.2) is 0 Å². The number of hydrogen-bond acceptors (Lipinski definition) is 2. The Bertz CT molecular complexity index is 428. The molecule has 19 heavy (non-hydrogen) atoms. The first-order chi connectivity index (χ1) is 8.99. The largest absolute Gasteiger partial charge is 0.387 e. The minimum atomic E-state index is -0.562. The quantitative estimate of drug-likeness (QED) is 0.900. The van der Waals surface area contributed by atoms with Crippen LogP contribution in [0.4, 0.5) is 0 Å². The predicted octanol–water partition coefficient (Wildman–Crippen LogP) is 4.29. The van der Waals surface area contributed by atoms with E-state index in [9.17, 15) is 5.11 Å². The molecule has 0 spiro atoms. The first-order valence-corrected chi connectivity index (χ1v) is 7.63. The van der Waals surface area contributed by atoms with Crippen LogP contribution in [-0.2, 0) is 0 Å². The average Bonchev–Trinajstić information content (AvgIpc) is 2.33. The molecular formula is C15H21Cl2NO. The van der Waals surface area contributed by atoms with Crippen LogP contribution in [0.1, 0.15) is 44.8 Å². The summed E-state index contributed by atoms with van der Waals surface area (Å²) >= 11 is 12.0. The number of aliphatic hydroxyl groups is 1. The van der Waals surface area contributed by atoms with Crippen LogP contribution in [0.5, 0.6) is 0 Å². The van der Waals surface area contributed by atoms with Gasteiger partial charge in [-0.1, -0.05) is 35.7 Å². The fourth-order valence-corrected chi connectivity index (χ4v) is 3.44. The average molecular weight is 302 g/mol. The van der Waals surface area contributed by atoms with Crippen molar-refractivity contribution in [1.29, 1.82) is 0 Å². The fraction of sp³-hybridized carbons (Fsp3) is 0.600. The van der Waals surface area contributed by atoms with E-state index in [2.05, 4.69) is 18.7 Å². The molecule has 2 rings (SSSR count). The minimum absolute atomic E-state index is 0.518. The van der Waals surface area contributed by atoms with Gasteiger partial charge in [0.2, 0.25) is 0 Å². The summed E-state index contributed by atoms with van der Waals surface area (Å²) in [4.78, 5) is 2.37. The Morgan fingerprint density at radius 2 is 1.89 bits per heavy atom. The zero-order valence-corrected chi connectivity index (χ0v) is 13.0. The Hall–Kier alpha value is -0.280. The zero-order chi connectivity index (χ0) is 14.0. The third-order valence-electron chi connectivity index (χ3n) is 4.08. The van der Waals surface area contributed by atoms with Crippen molar-refractivity contribution < 1.29 is 5.11 Å². The summed E-state index contributed by atoms with van der Waals surface area (Å²) in [6, 6.07) is 6.31. The lowest BCUT2D eigenvalue weighted by atomic mass is 9.96. The molecule has 1 fully saturated rings. The lowest BCUT2D eigenvalue weighted by Crippen LogP contribution is -2.45. The van der Waals surface area contributed by atoms with Gasteiger partial charge in [-0.15, -0.1) is 0 Å². The van der Waals surface area contributed by atoms with Crippen LogP contribution < -0.4 is 0 Å². The molecule has 0 aliphatic carbocycles. The molecule has 3 unspecified atom stereocenters. The van der Waals surface area contributed by atoms with Gasteiger partial charge in [-0.3, -0.25) is 4.90 Å². The molecule has 2 nitrogen and oxygen atoms in total. The fourth-order valence-electron chi connectivity index (χ4n) is 2.90. The van der Waals surface area contributed by atoms with Crippen LogP contribution in [-0.4, -0.2) is 28.6 Å². The lowest BCUT2D eigenvalue weighted by molar-refractivity contribution is 0.0412. The van der Waals surface area contributed by atoms with Crippen LogP contribution in [0.15, 0.2) is 18.2 Å². The number of halogens is 2. The van der Waals surface area contributed by atoms with Crippen molar-refractivity contribution in [3.63, 3.8) is 0 Å². The van der Waals surface area contributed by atoms with Crippen LogP contribution >= 0.6 is 23.2 Å². The molecule has 1 heterocycles. The highest BCUT2D eigenvalue weighted by Crippen LogP contribution is 2.30. The summed E-state index contributed by atoms with van der Waals surface area (Å²) < 4.78 is 0. The second kappa shape index (κ2) is 6.45. The number of nitrogens with zero attached hydrogens (tertiary/aromatic N) is 1. The minimum Gasteiger partial charge on any atom is -0.387 e. The van der Waals surface area contributed by atoms with Crippen molar-refractivity contribution in [3.8, 4) is 0 Å². The van der Waals surface area contributed by atoms with Gasteiger partial charge in [0.25, 0.3) is 0 Å². The van der Waals surface area contributed by atoms with Crippen molar-refractivity contribution in [2.75, 3.05) is 6.54 Å². The van der Waals surface area contributed by atoms with Crippen LogP contribution in [0.25, 0.3) is 0 Å². The van der Waals surface area contributed by atoms with Crippen LogP contribution in [0.2, 0.25) is 10.0 Å². The SMILES string of the molecule is CC1CCCC(C)N1CC(O)c1ccc(Cl)cc1Cl. The summed E-state index contributed by atoms with van der Waals surface area (Å²) in [5, 5.41) is 11.5. The Morgan fingerprint density at radius 3 is 2.47 bits per heavy atom. The predicted molar refractivity (Wildman–Crippen MR) is 80.9 cm³/mol. The molecule has 0 radical (unpaired) electrons. The van der Waals surface area contributed by atoms with Gasteiger partial charge in [0.1, 0.15) is 0 Å². The molecule has 1 aliphatic heterocycles. The van der Waals surface area contributed by atoms with Gasteiger partial charge < -0.3 is 5.11 Å². The van der Waals surface area contributed by atoms with Crippen molar-refractivity contribution >= 4 is 23.2 Å². The molecule has 1 saturated heterocycles. The van der Waals surface area contributed by atoms with E-state index in [0.717, 1.165) is 5.56 Å². The summed E-state index contributed by atoms with van der Waals surface area (Å²) in [5.41, 5.74) is 0.760. The number of rotatable bonds is 3. The van der Waals surface area contributed by atoms with Crippen molar-refractivity contribution in [2.24, 2.45) is 0 Å². The van der Waals surface area contributed by atoms with Gasteiger partial charge in [0.05, 0.1) is 6.10 Å². The number of β-amino-alcohol motifs (C(OH)–C–C–N with tert-alkyl or cyclic N) is 1. The Morgan fingerprint density at radius 1 is 1.26 bits per heavy atom. The van der Waals surface area contributed by atoms with E-state index in [0.29, 0.717) is 28.7 Å². The molecule has 1 aromatic carbocycles. The Kier molecular flexibility index (Phi) is 5.13. The first-order valence-electron chi connectivity index (χ1n) is 6.87. The highest BCUT2D eigenvalue weighted by molar-refractivity contribution is 6.35. The molecule has 1 aromatic rings. The molecular weight excluding hydrogens is 281 g/mol. The van der Waals surface area contributed by atoms with Gasteiger partial charge >= 0.3 is 0 Å². The molecule has 106 valence electrons. The van der Waals surface area contributed by atoms with Gasteiger partial charge in [-0.05, 0) is 38.8 Å².